The Labute approximate surface area is 92.2 Å². The molecule has 1 fully saturated rings. The molecule has 1 aliphatic rings. The van der Waals surface area contributed by atoms with Crippen molar-refractivity contribution in [3.8, 4) is 0 Å². The zero-order valence-electron chi connectivity index (χ0n) is 8.10. The number of imide groups is 1. The number of amides is 2. The molecule has 1 aliphatic heterocycles. The van der Waals surface area contributed by atoms with Crippen molar-refractivity contribution < 1.29 is 9.59 Å². The first-order chi connectivity index (χ1) is 7.25. The lowest BCUT2D eigenvalue weighted by atomic mass is 10.1. The van der Waals surface area contributed by atoms with E-state index >= 15 is 0 Å². The minimum absolute atomic E-state index is 0.134. The van der Waals surface area contributed by atoms with E-state index in [1.54, 1.807) is 0 Å². The Balaban J connectivity index is 2.01. The predicted octanol–water partition coefficient (Wildman–Crippen LogP) is 1.58. The summed E-state index contributed by atoms with van der Waals surface area (Å²) in [7, 11) is 0. The molecule has 3 nitrogen and oxygen atoms in total. The van der Waals surface area contributed by atoms with Crippen molar-refractivity contribution in [3.05, 3.63) is 30.3 Å². The maximum Gasteiger partial charge on any atom is 0.240 e. The fraction of sp³-hybridized carbons (Fsp3) is 0.273. The summed E-state index contributed by atoms with van der Waals surface area (Å²) < 4.78 is 0. The molecule has 0 aliphatic carbocycles. The van der Waals surface area contributed by atoms with Crippen LogP contribution in [0.15, 0.2) is 35.2 Å². The van der Waals surface area contributed by atoms with Crippen LogP contribution in [0.2, 0.25) is 0 Å². The monoisotopic (exact) mass is 221 g/mol. The van der Waals surface area contributed by atoms with E-state index in [1.807, 2.05) is 30.3 Å². The van der Waals surface area contributed by atoms with Gasteiger partial charge in [0.1, 0.15) is 0 Å². The number of rotatable bonds is 2. The predicted molar refractivity (Wildman–Crippen MR) is 58.5 cm³/mol. The molecule has 15 heavy (non-hydrogen) atoms. The third-order valence-corrected chi connectivity index (χ3v) is 3.49. The lowest BCUT2D eigenvalue weighted by Crippen LogP contribution is -2.42. The highest BCUT2D eigenvalue weighted by Crippen LogP contribution is 2.27. The number of hydrogen-bond acceptors (Lipinski definition) is 3. The summed E-state index contributed by atoms with van der Waals surface area (Å²) in [6.45, 7) is 0. The second-order valence-corrected chi connectivity index (χ2v) is 4.65. The number of carbonyl (C=O) groups is 2. The van der Waals surface area contributed by atoms with Gasteiger partial charge in [-0.1, -0.05) is 18.2 Å². The fourth-order valence-electron chi connectivity index (χ4n) is 1.45. The van der Waals surface area contributed by atoms with Crippen molar-refractivity contribution in [2.45, 2.75) is 23.0 Å². The summed E-state index contributed by atoms with van der Waals surface area (Å²) in [5.41, 5.74) is 0. The van der Waals surface area contributed by atoms with E-state index in [1.165, 1.54) is 11.8 Å². The molecule has 1 heterocycles. The van der Waals surface area contributed by atoms with Gasteiger partial charge in [-0.3, -0.25) is 14.9 Å². The molecule has 0 spiro atoms. The van der Waals surface area contributed by atoms with Crippen molar-refractivity contribution in [1.82, 2.24) is 5.32 Å². The number of carbonyl (C=O) groups excluding carboxylic acids is 2. The van der Waals surface area contributed by atoms with Crippen molar-refractivity contribution in [3.63, 3.8) is 0 Å². The molecule has 1 aromatic carbocycles. The van der Waals surface area contributed by atoms with Gasteiger partial charge in [0.15, 0.2) is 0 Å². The number of piperidine rings is 1. The highest BCUT2D eigenvalue weighted by Gasteiger charge is 2.27. The molecule has 2 amide bonds. The standard InChI is InChI=1S/C11H11NO2S/c13-10-7-6-9(11(14)12-10)15-8-4-2-1-3-5-8/h1-5,9H,6-7H2,(H,12,13,14). The largest absolute Gasteiger partial charge is 0.295 e. The van der Waals surface area contributed by atoms with Crippen molar-refractivity contribution in [1.29, 1.82) is 0 Å². The van der Waals surface area contributed by atoms with E-state index in [2.05, 4.69) is 5.32 Å². The molecule has 2 rings (SSSR count). The molecule has 4 heteroatoms. The summed E-state index contributed by atoms with van der Waals surface area (Å²) in [5.74, 6) is -0.329. The van der Waals surface area contributed by atoms with Crippen LogP contribution in [0.4, 0.5) is 0 Å². The SMILES string of the molecule is O=C1CCC(Sc2ccccc2)C(=O)N1. The van der Waals surface area contributed by atoms with Crippen LogP contribution in [0.3, 0.4) is 0 Å². The topological polar surface area (TPSA) is 46.2 Å². The molecule has 1 atom stereocenters. The molecule has 1 unspecified atom stereocenters. The van der Waals surface area contributed by atoms with E-state index in [0.717, 1.165) is 4.90 Å². The van der Waals surface area contributed by atoms with Gasteiger partial charge in [0.05, 0.1) is 5.25 Å². The van der Waals surface area contributed by atoms with Gasteiger partial charge in [0, 0.05) is 11.3 Å². The van der Waals surface area contributed by atoms with Gasteiger partial charge in [0.2, 0.25) is 11.8 Å². The van der Waals surface area contributed by atoms with E-state index in [-0.39, 0.29) is 17.1 Å². The molecule has 1 aromatic rings. The first-order valence-corrected chi connectivity index (χ1v) is 5.69. The van der Waals surface area contributed by atoms with E-state index in [4.69, 9.17) is 0 Å². The normalized spacial score (nSPS) is 21.2. The molecule has 1 N–H and O–H groups in total. The molecular formula is C11H11NO2S. The van der Waals surface area contributed by atoms with Crippen LogP contribution in [-0.2, 0) is 9.59 Å². The first kappa shape index (κ1) is 10.2. The van der Waals surface area contributed by atoms with Crippen molar-refractivity contribution >= 4 is 23.6 Å². The van der Waals surface area contributed by atoms with E-state index in [0.29, 0.717) is 12.8 Å². The summed E-state index contributed by atoms with van der Waals surface area (Å²) in [6, 6.07) is 9.75. The average Bonchev–Trinajstić information content (AvgIpc) is 2.24. The van der Waals surface area contributed by atoms with Crippen LogP contribution in [0.25, 0.3) is 0 Å². The average molecular weight is 221 g/mol. The second-order valence-electron chi connectivity index (χ2n) is 3.37. The van der Waals surface area contributed by atoms with Gasteiger partial charge >= 0.3 is 0 Å². The zero-order valence-corrected chi connectivity index (χ0v) is 8.92. The van der Waals surface area contributed by atoms with Crippen LogP contribution in [-0.4, -0.2) is 17.1 Å². The van der Waals surface area contributed by atoms with Gasteiger partial charge in [-0.05, 0) is 18.6 Å². The zero-order chi connectivity index (χ0) is 10.7. The van der Waals surface area contributed by atoms with Crippen LogP contribution >= 0.6 is 11.8 Å². The highest BCUT2D eigenvalue weighted by atomic mass is 32.2. The van der Waals surface area contributed by atoms with Crippen LogP contribution in [0.1, 0.15) is 12.8 Å². The Bertz CT molecular complexity index is 377. The maximum atomic E-state index is 11.5. The van der Waals surface area contributed by atoms with Gasteiger partial charge in [-0.2, -0.15) is 0 Å². The third-order valence-electron chi connectivity index (χ3n) is 2.21. The molecule has 0 aromatic heterocycles. The van der Waals surface area contributed by atoms with Gasteiger partial charge in [-0.15, -0.1) is 11.8 Å². The number of nitrogens with one attached hydrogen (secondary N) is 1. The summed E-state index contributed by atoms with van der Waals surface area (Å²) >= 11 is 1.51. The Morgan fingerprint density at radius 3 is 2.60 bits per heavy atom. The van der Waals surface area contributed by atoms with Gasteiger partial charge in [0.25, 0.3) is 0 Å². The van der Waals surface area contributed by atoms with Gasteiger partial charge in [-0.25, -0.2) is 0 Å². The first-order valence-electron chi connectivity index (χ1n) is 4.81. The minimum atomic E-state index is -0.167. The lowest BCUT2D eigenvalue weighted by molar-refractivity contribution is -0.132. The smallest absolute Gasteiger partial charge is 0.240 e. The van der Waals surface area contributed by atoms with Crippen LogP contribution in [0, 0.1) is 0 Å². The molecule has 0 saturated carbocycles. The highest BCUT2D eigenvalue weighted by molar-refractivity contribution is 8.00. The summed E-state index contributed by atoms with van der Waals surface area (Å²) in [6.07, 6.45) is 1.07. The number of benzene rings is 1. The number of hydrogen-bond donors (Lipinski definition) is 1. The lowest BCUT2D eigenvalue weighted by Gasteiger charge is -2.19. The number of thioether (sulfide) groups is 1. The molecule has 0 bridgehead atoms. The third kappa shape index (κ3) is 2.59. The van der Waals surface area contributed by atoms with Crippen LogP contribution in [0.5, 0.6) is 0 Å². The Hall–Kier alpha value is -1.29. The van der Waals surface area contributed by atoms with Crippen molar-refractivity contribution in [2.75, 3.05) is 0 Å². The Kier molecular flexibility index (Phi) is 3.06. The Morgan fingerprint density at radius 2 is 1.93 bits per heavy atom. The minimum Gasteiger partial charge on any atom is -0.295 e. The van der Waals surface area contributed by atoms with E-state index < -0.39 is 0 Å². The second kappa shape index (κ2) is 4.49. The fourth-order valence-corrected chi connectivity index (χ4v) is 2.49. The molecule has 78 valence electrons. The van der Waals surface area contributed by atoms with Gasteiger partial charge < -0.3 is 0 Å². The van der Waals surface area contributed by atoms with Crippen LogP contribution < -0.4 is 5.32 Å². The van der Waals surface area contributed by atoms with Crippen molar-refractivity contribution in [2.24, 2.45) is 0 Å². The molecule has 0 radical (unpaired) electrons. The molecule has 1 saturated heterocycles. The molecular weight excluding hydrogens is 210 g/mol. The summed E-state index contributed by atoms with van der Waals surface area (Å²) in [5, 5.41) is 2.22. The maximum absolute atomic E-state index is 11.5. The van der Waals surface area contributed by atoms with E-state index in [9.17, 15) is 9.59 Å². The quantitative estimate of drug-likeness (QED) is 0.771. The summed E-state index contributed by atoms with van der Waals surface area (Å²) in [4.78, 5) is 23.4. The Morgan fingerprint density at radius 1 is 1.20 bits per heavy atom.